The zero-order chi connectivity index (χ0) is 17.3. The van der Waals surface area contributed by atoms with Gasteiger partial charge < -0.3 is 10.0 Å². The third kappa shape index (κ3) is 2.78. The first-order valence-electron chi connectivity index (χ1n) is 7.90. The molecule has 2 aromatic rings. The summed E-state index contributed by atoms with van der Waals surface area (Å²) in [5.74, 6) is -0.678. The highest BCUT2D eigenvalue weighted by Crippen LogP contribution is 2.42. The number of halogens is 1. The van der Waals surface area contributed by atoms with Gasteiger partial charge in [0.15, 0.2) is 11.4 Å². The van der Waals surface area contributed by atoms with E-state index >= 15 is 0 Å². The molecule has 24 heavy (non-hydrogen) atoms. The summed E-state index contributed by atoms with van der Waals surface area (Å²) in [5.41, 5.74) is -0.120. The van der Waals surface area contributed by atoms with Crippen molar-refractivity contribution < 1.29 is 14.7 Å². The van der Waals surface area contributed by atoms with Gasteiger partial charge >= 0.3 is 0 Å². The van der Waals surface area contributed by atoms with Gasteiger partial charge in [0.25, 0.3) is 5.91 Å². The Bertz CT molecular complexity index is 787. The number of benzene rings is 2. The molecule has 124 valence electrons. The van der Waals surface area contributed by atoms with Crippen LogP contribution in [0.1, 0.15) is 35.7 Å². The molecule has 4 nitrogen and oxygen atoms in total. The van der Waals surface area contributed by atoms with Crippen molar-refractivity contribution in [2.45, 2.75) is 25.4 Å². The number of fused-ring (bicyclic) bond motifs is 1. The van der Waals surface area contributed by atoms with Gasteiger partial charge in [0, 0.05) is 22.1 Å². The van der Waals surface area contributed by atoms with Gasteiger partial charge in [-0.1, -0.05) is 53.2 Å². The molecule has 1 aliphatic rings. The number of carbonyl (C=O) groups excluding carboxylic acids is 2. The van der Waals surface area contributed by atoms with Gasteiger partial charge in [-0.3, -0.25) is 9.59 Å². The number of hydrogen-bond donors (Lipinski definition) is 1. The summed E-state index contributed by atoms with van der Waals surface area (Å²) in [7, 11) is 0. The molecule has 5 heteroatoms. The lowest BCUT2D eigenvalue weighted by Crippen LogP contribution is -2.42. The summed E-state index contributed by atoms with van der Waals surface area (Å²) in [4.78, 5) is 27.0. The molecule has 0 aromatic heterocycles. The van der Waals surface area contributed by atoms with Crippen molar-refractivity contribution in [2.24, 2.45) is 0 Å². The molecule has 1 N–H and O–H groups in total. The van der Waals surface area contributed by atoms with Crippen molar-refractivity contribution in [3.63, 3.8) is 0 Å². The molecule has 0 radical (unpaired) electrons. The molecule has 2 aromatic carbocycles. The second-order valence-electron chi connectivity index (χ2n) is 5.94. The average Bonchev–Trinajstić information content (AvgIpc) is 2.78. The van der Waals surface area contributed by atoms with Crippen molar-refractivity contribution >= 4 is 33.3 Å². The fourth-order valence-corrected chi connectivity index (χ4v) is 3.36. The van der Waals surface area contributed by atoms with E-state index in [1.54, 1.807) is 41.3 Å². The lowest BCUT2D eigenvalue weighted by molar-refractivity contribution is -0.135. The summed E-state index contributed by atoms with van der Waals surface area (Å²) >= 11 is 3.33. The Kier molecular flexibility index (Phi) is 4.56. The van der Waals surface area contributed by atoms with Crippen LogP contribution in [-0.2, 0) is 10.4 Å². The predicted molar refractivity (Wildman–Crippen MR) is 96.1 cm³/mol. The Balaban J connectivity index is 1.95. The second kappa shape index (κ2) is 6.49. The topological polar surface area (TPSA) is 57.6 Å². The Labute approximate surface area is 149 Å². The highest BCUT2D eigenvalue weighted by molar-refractivity contribution is 9.10. The zero-order valence-electron chi connectivity index (χ0n) is 13.3. The van der Waals surface area contributed by atoms with Crippen LogP contribution in [0.2, 0.25) is 0 Å². The van der Waals surface area contributed by atoms with Crippen LogP contribution in [0.25, 0.3) is 0 Å². The number of Topliss-reactive ketones (excluding diaryl/α,β-unsaturated/α-hetero) is 1. The minimum Gasteiger partial charge on any atom is -0.375 e. The summed E-state index contributed by atoms with van der Waals surface area (Å²) in [6.07, 6.45) is 0.515. The number of carbonyl (C=O) groups is 2. The number of para-hydroxylation sites is 1. The Hall–Kier alpha value is -1.98. The van der Waals surface area contributed by atoms with Crippen LogP contribution in [0.4, 0.5) is 5.69 Å². The first kappa shape index (κ1) is 16.9. The molecule has 0 aliphatic carbocycles. The summed E-state index contributed by atoms with van der Waals surface area (Å²) in [5, 5.41) is 11.1. The molecule has 0 fully saturated rings. The standard InChI is InChI=1S/C19H18BrNO3/c1-2-11-21-16-6-4-3-5-15(16)19(24,18(21)23)12-17(22)13-7-9-14(20)10-8-13/h3-10,24H,2,11-12H2,1H3/t19-/m0/s1. The number of hydrogen-bond acceptors (Lipinski definition) is 3. The van der Waals surface area contributed by atoms with Crippen molar-refractivity contribution in [1.29, 1.82) is 0 Å². The maximum absolute atomic E-state index is 12.8. The number of nitrogens with zero attached hydrogens (tertiary/aromatic N) is 1. The highest BCUT2D eigenvalue weighted by Gasteiger charge is 2.50. The minimum absolute atomic E-state index is 0.258. The fraction of sp³-hybridized carbons (Fsp3) is 0.263. The molecule has 1 aliphatic heterocycles. The van der Waals surface area contributed by atoms with Gasteiger partial charge in [0.1, 0.15) is 0 Å². The Morgan fingerprint density at radius 3 is 2.50 bits per heavy atom. The van der Waals surface area contributed by atoms with Crippen molar-refractivity contribution in [1.82, 2.24) is 0 Å². The average molecular weight is 388 g/mol. The second-order valence-corrected chi connectivity index (χ2v) is 6.86. The van der Waals surface area contributed by atoms with Gasteiger partial charge in [0.05, 0.1) is 12.1 Å². The van der Waals surface area contributed by atoms with Crippen LogP contribution < -0.4 is 4.90 Å². The largest absolute Gasteiger partial charge is 0.375 e. The molecule has 1 amide bonds. The lowest BCUT2D eigenvalue weighted by atomic mass is 9.88. The SMILES string of the molecule is CCCN1C(=O)[C@](O)(CC(=O)c2ccc(Br)cc2)c2ccccc21. The molecule has 1 heterocycles. The van der Waals surface area contributed by atoms with Gasteiger partial charge in [-0.05, 0) is 24.6 Å². The highest BCUT2D eigenvalue weighted by atomic mass is 79.9. The Morgan fingerprint density at radius 2 is 1.83 bits per heavy atom. The van der Waals surface area contributed by atoms with E-state index in [1.165, 1.54) is 0 Å². The zero-order valence-corrected chi connectivity index (χ0v) is 14.9. The third-order valence-electron chi connectivity index (χ3n) is 4.27. The molecule has 0 unspecified atom stereocenters. The van der Waals surface area contributed by atoms with Crippen LogP contribution in [0.3, 0.4) is 0 Å². The normalized spacial score (nSPS) is 19.5. The molecule has 1 atom stereocenters. The number of ketones is 1. The van der Waals surface area contributed by atoms with Crippen molar-refractivity contribution in [3.8, 4) is 0 Å². The lowest BCUT2D eigenvalue weighted by Gasteiger charge is -2.22. The third-order valence-corrected chi connectivity index (χ3v) is 4.80. The van der Waals surface area contributed by atoms with Crippen LogP contribution in [-0.4, -0.2) is 23.3 Å². The van der Waals surface area contributed by atoms with Gasteiger partial charge in [-0.2, -0.15) is 0 Å². The van der Waals surface area contributed by atoms with E-state index in [0.29, 0.717) is 23.4 Å². The van der Waals surface area contributed by atoms with Crippen LogP contribution in [0, 0.1) is 0 Å². The molecule has 0 bridgehead atoms. The van der Waals surface area contributed by atoms with Crippen LogP contribution in [0.5, 0.6) is 0 Å². The molecular formula is C19H18BrNO3. The number of rotatable bonds is 5. The van der Waals surface area contributed by atoms with E-state index in [9.17, 15) is 14.7 Å². The van der Waals surface area contributed by atoms with E-state index in [1.807, 2.05) is 19.1 Å². The maximum atomic E-state index is 12.8. The number of amides is 1. The van der Waals surface area contributed by atoms with Gasteiger partial charge in [-0.15, -0.1) is 0 Å². The van der Waals surface area contributed by atoms with E-state index in [4.69, 9.17) is 0 Å². The summed E-state index contributed by atoms with van der Waals surface area (Å²) < 4.78 is 0.870. The number of aliphatic hydroxyl groups is 1. The van der Waals surface area contributed by atoms with E-state index in [2.05, 4.69) is 15.9 Å². The minimum atomic E-state index is -1.80. The summed E-state index contributed by atoms with van der Waals surface area (Å²) in [6.45, 7) is 2.49. The van der Waals surface area contributed by atoms with E-state index < -0.39 is 11.5 Å². The maximum Gasteiger partial charge on any atom is 0.264 e. The first-order chi connectivity index (χ1) is 11.5. The number of anilines is 1. The molecule has 0 saturated heterocycles. The monoisotopic (exact) mass is 387 g/mol. The van der Waals surface area contributed by atoms with Crippen molar-refractivity contribution in [2.75, 3.05) is 11.4 Å². The fourth-order valence-electron chi connectivity index (χ4n) is 3.09. The van der Waals surface area contributed by atoms with E-state index in [0.717, 1.165) is 10.9 Å². The smallest absolute Gasteiger partial charge is 0.264 e. The molecule has 3 rings (SSSR count). The first-order valence-corrected chi connectivity index (χ1v) is 8.69. The van der Waals surface area contributed by atoms with Crippen LogP contribution in [0.15, 0.2) is 53.0 Å². The van der Waals surface area contributed by atoms with E-state index in [-0.39, 0.29) is 12.2 Å². The quantitative estimate of drug-likeness (QED) is 0.796. The summed E-state index contributed by atoms with van der Waals surface area (Å²) in [6, 6.07) is 14.0. The van der Waals surface area contributed by atoms with Gasteiger partial charge in [-0.25, -0.2) is 0 Å². The molecule has 0 saturated carbocycles. The van der Waals surface area contributed by atoms with Crippen molar-refractivity contribution in [3.05, 3.63) is 64.1 Å². The Morgan fingerprint density at radius 1 is 1.17 bits per heavy atom. The predicted octanol–water partition coefficient (Wildman–Crippen LogP) is 3.67. The molecular weight excluding hydrogens is 370 g/mol. The molecule has 0 spiro atoms. The van der Waals surface area contributed by atoms with Gasteiger partial charge in [0.2, 0.25) is 0 Å². The van der Waals surface area contributed by atoms with Crippen LogP contribution >= 0.6 is 15.9 Å².